The molecule has 0 spiro atoms. The quantitative estimate of drug-likeness (QED) is 0.208. The third kappa shape index (κ3) is 4.54. The number of amides is 1. The van der Waals surface area contributed by atoms with Crippen molar-refractivity contribution in [3.8, 4) is 22.5 Å². The van der Waals surface area contributed by atoms with Crippen molar-refractivity contribution in [2.75, 3.05) is 5.32 Å². The number of carbonyl (C=O) groups excluding carboxylic acids is 1. The summed E-state index contributed by atoms with van der Waals surface area (Å²) < 4.78 is 11.7. The van der Waals surface area contributed by atoms with Crippen LogP contribution in [-0.2, 0) is 14.9 Å². The number of carboxylic acid groups (broad SMARTS) is 1. The molecular weight excluding hydrogens is 494 g/mol. The average molecular weight is 522 g/mol. The van der Waals surface area contributed by atoms with Crippen LogP contribution in [0.15, 0.2) is 83.3 Å². The lowest BCUT2D eigenvalue weighted by atomic mass is 9.93. The summed E-state index contributed by atoms with van der Waals surface area (Å²) >= 11 is 0. The van der Waals surface area contributed by atoms with Gasteiger partial charge >= 0.3 is 12.1 Å². The third-order valence-corrected chi connectivity index (χ3v) is 7.32. The van der Waals surface area contributed by atoms with Gasteiger partial charge in [0.25, 0.3) is 0 Å². The number of carbonyl (C=O) groups is 2. The molecule has 0 aliphatic heterocycles. The maximum atomic E-state index is 12.9. The molecule has 8 nitrogen and oxygen atoms in total. The Bertz CT molecular complexity index is 1660. The van der Waals surface area contributed by atoms with Crippen LogP contribution in [0.25, 0.3) is 33.7 Å². The second-order valence-electron chi connectivity index (χ2n) is 9.93. The second-order valence-corrected chi connectivity index (χ2v) is 9.93. The van der Waals surface area contributed by atoms with E-state index in [1.165, 1.54) is 0 Å². The summed E-state index contributed by atoms with van der Waals surface area (Å²) in [7, 11) is 0. The molecule has 1 aliphatic rings. The number of rotatable bonds is 7. The Morgan fingerprint density at radius 1 is 0.974 bits per heavy atom. The highest BCUT2D eigenvalue weighted by Gasteiger charge is 2.51. The standard InChI is InChI=1S/C31H27N3O5/c1-18(20-6-4-3-5-7-20)38-30(37)34-25-26-28(33-19(2)32-26)39-27(25)23-10-8-21(9-11-23)22-12-14-24(15-13-22)31(16-17-31)29(35)36/h3-15,18H,16-17H2,1-2H3,(H,32,33)(H,34,37)(H,35,36). The Morgan fingerprint density at radius 2 is 1.59 bits per heavy atom. The van der Waals surface area contributed by atoms with Crippen LogP contribution < -0.4 is 5.32 Å². The van der Waals surface area contributed by atoms with Crippen molar-refractivity contribution < 1.29 is 23.8 Å². The SMILES string of the molecule is Cc1nc2oc(-c3ccc(-c4ccc(C5(C(=O)O)CC5)cc4)cc3)c(NC(=O)OC(C)c3ccccc3)c2[nH]1. The van der Waals surface area contributed by atoms with Crippen LogP contribution in [0.3, 0.4) is 0 Å². The minimum atomic E-state index is -0.762. The van der Waals surface area contributed by atoms with E-state index in [2.05, 4.69) is 15.3 Å². The molecule has 196 valence electrons. The van der Waals surface area contributed by atoms with E-state index in [1.807, 2.05) is 92.7 Å². The molecule has 2 aromatic heterocycles. The van der Waals surface area contributed by atoms with Crippen molar-refractivity contribution in [1.82, 2.24) is 9.97 Å². The van der Waals surface area contributed by atoms with E-state index in [4.69, 9.17) is 9.15 Å². The molecule has 1 fully saturated rings. The van der Waals surface area contributed by atoms with Gasteiger partial charge in [-0.1, -0.05) is 78.9 Å². The molecule has 1 aliphatic carbocycles. The van der Waals surface area contributed by atoms with Crippen LogP contribution in [0.5, 0.6) is 0 Å². The molecule has 1 unspecified atom stereocenters. The number of carboxylic acids is 1. The highest BCUT2D eigenvalue weighted by atomic mass is 16.6. The molecule has 5 aromatic rings. The molecule has 8 heteroatoms. The molecule has 3 N–H and O–H groups in total. The fraction of sp³-hybridized carbons (Fsp3) is 0.194. The number of aromatic nitrogens is 2. The number of aryl methyl sites for hydroxylation is 1. The van der Waals surface area contributed by atoms with Crippen LogP contribution in [0.1, 0.15) is 42.8 Å². The summed E-state index contributed by atoms with van der Waals surface area (Å²) in [6.07, 6.45) is 0.319. The highest BCUT2D eigenvalue weighted by molar-refractivity contribution is 6.02. The smallest absolute Gasteiger partial charge is 0.412 e. The van der Waals surface area contributed by atoms with Gasteiger partial charge in [-0.3, -0.25) is 10.1 Å². The number of imidazole rings is 1. The van der Waals surface area contributed by atoms with Crippen LogP contribution >= 0.6 is 0 Å². The van der Waals surface area contributed by atoms with Gasteiger partial charge in [0.1, 0.15) is 23.1 Å². The minimum absolute atomic E-state index is 0.390. The Labute approximate surface area is 224 Å². The molecule has 6 rings (SSSR count). The van der Waals surface area contributed by atoms with Crippen molar-refractivity contribution >= 4 is 29.0 Å². The number of benzene rings is 3. The zero-order valence-corrected chi connectivity index (χ0v) is 21.5. The van der Waals surface area contributed by atoms with Crippen molar-refractivity contribution in [1.29, 1.82) is 0 Å². The van der Waals surface area contributed by atoms with Crippen LogP contribution in [0.4, 0.5) is 10.5 Å². The van der Waals surface area contributed by atoms with Gasteiger partial charge < -0.3 is 19.2 Å². The number of furan rings is 1. The first-order chi connectivity index (χ1) is 18.8. The van der Waals surface area contributed by atoms with E-state index in [9.17, 15) is 14.7 Å². The van der Waals surface area contributed by atoms with E-state index in [0.29, 0.717) is 41.3 Å². The van der Waals surface area contributed by atoms with Gasteiger partial charge in [-0.25, -0.2) is 4.79 Å². The number of anilines is 1. The van der Waals surface area contributed by atoms with Gasteiger partial charge in [-0.05, 0) is 48.9 Å². The Morgan fingerprint density at radius 3 is 2.21 bits per heavy atom. The highest BCUT2D eigenvalue weighted by Crippen LogP contribution is 2.48. The van der Waals surface area contributed by atoms with Gasteiger partial charge in [-0.2, -0.15) is 4.98 Å². The number of fused-ring (bicyclic) bond motifs is 1. The number of ether oxygens (including phenoxy) is 1. The van der Waals surface area contributed by atoms with Gasteiger partial charge in [0.05, 0.1) is 5.41 Å². The summed E-state index contributed by atoms with van der Waals surface area (Å²) in [6, 6.07) is 25.0. The predicted octanol–water partition coefficient (Wildman–Crippen LogP) is 7.22. The number of nitrogens with zero attached hydrogens (tertiary/aromatic N) is 1. The number of aromatic amines is 1. The van der Waals surface area contributed by atoms with E-state index in [1.54, 1.807) is 0 Å². The van der Waals surface area contributed by atoms with Gasteiger partial charge in [0.15, 0.2) is 5.76 Å². The summed E-state index contributed by atoms with van der Waals surface area (Å²) in [5.74, 6) is 0.368. The fourth-order valence-electron chi connectivity index (χ4n) is 4.93. The molecule has 3 aromatic carbocycles. The molecule has 1 atom stereocenters. The molecule has 0 saturated heterocycles. The molecule has 39 heavy (non-hydrogen) atoms. The van der Waals surface area contributed by atoms with E-state index < -0.39 is 23.6 Å². The lowest BCUT2D eigenvalue weighted by Crippen LogP contribution is -2.19. The van der Waals surface area contributed by atoms with E-state index in [0.717, 1.165) is 27.8 Å². The third-order valence-electron chi connectivity index (χ3n) is 7.32. The van der Waals surface area contributed by atoms with Crippen molar-refractivity contribution in [2.45, 2.75) is 38.2 Å². The Hall–Kier alpha value is -4.85. The number of aliphatic carboxylic acids is 1. The molecule has 0 radical (unpaired) electrons. The zero-order chi connectivity index (χ0) is 27.1. The van der Waals surface area contributed by atoms with Crippen LogP contribution in [0.2, 0.25) is 0 Å². The lowest BCUT2D eigenvalue weighted by Gasteiger charge is -2.14. The van der Waals surface area contributed by atoms with Gasteiger partial charge in [-0.15, -0.1) is 0 Å². The summed E-state index contributed by atoms with van der Waals surface area (Å²) in [5.41, 5.74) is 5.15. The van der Waals surface area contributed by atoms with Crippen molar-refractivity contribution in [2.24, 2.45) is 0 Å². The topological polar surface area (TPSA) is 117 Å². The van der Waals surface area contributed by atoms with E-state index >= 15 is 0 Å². The molecule has 1 amide bonds. The second kappa shape index (κ2) is 9.47. The summed E-state index contributed by atoms with van der Waals surface area (Å²) in [4.78, 5) is 32.1. The Kier molecular flexibility index (Phi) is 5.95. The maximum absolute atomic E-state index is 12.9. The number of hydrogen-bond acceptors (Lipinski definition) is 5. The Balaban J connectivity index is 1.25. The fourth-order valence-corrected chi connectivity index (χ4v) is 4.93. The summed E-state index contributed by atoms with van der Waals surface area (Å²) in [6.45, 7) is 3.63. The minimum Gasteiger partial charge on any atom is -0.481 e. The van der Waals surface area contributed by atoms with Crippen molar-refractivity contribution in [3.05, 3.63) is 95.8 Å². The molecule has 1 saturated carbocycles. The molecule has 0 bridgehead atoms. The zero-order valence-electron chi connectivity index (χ0n) is 21.5. The number of nitrogens with one attached hydrogen (secondary N) is 2. The van der Waals surface area contributed by atoms with Crippen molar-refractivity contribution in [3.63, 3.8) is 0 Å². The van der Waals surface area contributed by atoms with E-state index in [-0.39, 0.29) is 0 Å². The van der Waals surface area contributed by atoms with Gasteiger partial charge in [0, 0.05) is 5.56 Å². The van der Waals surface area contributed by atoms with Gasteiger partial charge in [0.2, 0.25) is 5.71 Å². The number of H-pyrrole nitrogens is 1. The predicted molar refractivity (Wildman–Crippen MR) is 147 cm³/mol. The largest absolute Gasteiger partial charge is 0.481 e. The first-order valence-corrected chi connectivity index (χ1v) is 12.8. The first kappa shape index (κ1) is 24.5. The maximum Gasteiger partial charge on any atom is 0.412 e. The normalized spacial score (nSPS) is 14.6. The average Bonchev–Trinajstić information content (AvgIpc) is 3.60. The van der Waals surface area contributed by atoms with Crippen LogP contribution in [-0.4, -0.2) is 27.1 Å². The lowest BCUT2D eigenvalue weighted by molar-refractivity contribution is -0.140. The number of hydrogen-bond donors (Lipinski definition) is 3. The summed E-state index contributed by atoms with van der Waals surface area (Å²) in [5, 5.41) is 12.4. The molecular formula is C31H27N3O5. The first-order valence-electron chi connectivity index (χ1n) is 12.8. The monoisotopic (exact) mass is 521 g/mol. The van der Waals surface area contributed by atoms with Crippen LogP contribution in [0, 0.1) is 6.92 Å². The molecule has 2 heterocycles.